The SMILES string of the molecule is CC1=CC(C)=[N+]1c1ccc(N)cc1Oc1cccc(Cl)c1. The van der Waals surface area contributed by atoms with E-state index in [1.807, 2.05) is 36.4 Å². The van der Waals surface area contributed by atoms with Gasteiger partial charge in [-0.05, 0) is 24.3 Å². The number of nitrogens with two attached hydrogens (primary N) is 1. The summed E-state index contributed by atoms with van der Waals surface area (Å²) in [5.74, 6) is 1.40. The van der Waals surface area contributed by atoms with Crippen LogP contribution in [-0.4, -0.2) is 10.3 Å². The molecule has 2 aromatic carbocycles. The standard InChI is InChI=1S/C17H16ClN2O/c1-11-8-12(2)20(11)16-7-6-14(19)10-17(16)21-15-5-3-4-13(18)9-15/h3-10H,19H2,1-2H3/q+1. The molecule has 0 unspecified atom stereocenters. The first-order valence-corrected chi connectivity index (χ1v) is 7.07. The van der Waals surface area contributed by atoms with Gasteiger partial charge in [0.25, 0.3) is 5.69 Å². The van der Waals surface area contributed by atoms with Gasteiger partial charge in [0.05, 0.1) is 6.08 Å². The molecule has 0 radical (unpaired) electrons. The summed E-state index contributed by atoms with van der Waals surface area (Å²) in [6.07, 6.45) is 2.12. The molecule has 2 N–H and O–H groups in total. The highest BCUT2D eigenvalue weighted by atomic mass is 35.5. The van der Waals surface area contributed by atoms with Gasteiger partial charge in [-0.2, -0.15) is 4.58 Å². The Morgan fingerprint density at radius 3 is 2.57 bits per heavy atom. The van der Waals surface area contributed by atoms with Crippen molar-refractivity contribution in [2.24, 2.45) is 0 Å². The van der Waals surface area contributed by atoms with Gasteiger partial charge in [-0.25, -0.2) is 0 Å². The molecular weight excluding hydrogens is 284 g/mol. The summed E-state index contributed by atoms with van der Waals surface area (Å²) in [6, 6.07) is 13.0. The van der Waals surface area contributed by atoms with Crippen LogP contribution in [0.5, 0.6) is 11.5 Å². The fourth-order valence-electron chi connectivity index (χ4n) is 2.48. The van der Waals surface area contributed by atoms with Gasteiger partial charge in [0.2, 0.25) is 5.75 Å². The van der Waals surface area contributed by atoms with E-state index in [1.165, 1.54) is 11.4 Å². The summed E-state index contributed by atoms with van der Waals surface area (Å²) >= 11 is 6.00. The molecule has 1 heterocycles. The first kappa shape index (κ1) is 13.7. The maximum atomic E-state index is 6.00. The molecule has 0 aliphatic carbocycles. The third kappa shape index (κ3) is 2.65. The first-order chi connectivity index (χ1) is 10.0. The number of allylic oxidation sites excluding steroid dienone is 2. The third-order valence-electron chi connectivity index (χ3n) is 3.37. The van der Waals surface area contributed by atoms with Crippen LogP contribution in [0.3, 0.4) is 0 Å². The minimum Gasteiger partial charge on any atom is -0.450 e. The van der Waals surface area contributed by atoms with Crippen LogP contribution in [0.15, 0.2) is 54.2 Å². The van der Waals surface area contributed by atoms with Crippen LogP contribution in [-0.2, 0) is 0 Å². The van der Waals surface area contributed by atoms with Crippen molar-refractivity contribution >= 4 is 28.7 Å². The molecule has 3 rings (SSSR count). The molecule has 0 spiro atoms. The maximum Gasteiger partial charge on any atom is 0.254 e. The van der Waals surface area contributed by atoms with Crippen LogP contribution in [0.4, 0.5) is 11.4 Å². The molecule has 1 aliphatic rings. The second-order valence-electron chi connectivity index (χ2n) is 5.05. The predicted octanol–water partition coefficient (Wildman–Crippen LogP) is 4.74. The topological polar surface area (TPSA) is 38.3 Å². The van der Waals surface area contributed by atoms with Crippen molar-refractivity contribution in [2.45, 2.75) is 13.8 Å². The highest BCUT2D eigenvalue weighted by molar-refractivity contribution is 6.30. The monoisotopic (exact) mass is 299 g/mol. The normalized spacial score (nSPS) is 13.8. The number of benzene rings is 2. The fourth-order valence-corrected chi connectivity index (χ4v) is 2.66. The van der Waals surface area contributed by atoms with Crippen LogP contribution in [0.25, 0.3) is 0 Å². The molecule has 0 atom stereocenters. The van der Waals surface area contributed by atoms with E-state index in [0.29, 0.717) is 22.2 Å². The zero-order chi connectivity index (χ0) is 15.0. The number of rotatable bonds is 3. The number of hydrogen-bond acceptors (Lipinski definition) is 2. The van der Waals surface area contributed by atoms with Crippen LogP contribution in [0, 0.1) is 0 Å². The smallest absolute Gasteiger partial charge is 0.254 e. The molecule has 0 fully saturated rings. The Bertz CT molecular complexity index is 778. The van der Waals surface area contributed by atoms with Crippen molar-refractivity contribution in [3.63, 3.8) is 0 Å². The van der Waals surface area contributed by atoms with Gasteiger partial charge in [0.1, 0.15) is 5.75 Å². The molecule has 0 saturated carbocycles. The van der Waals surface area contributed by atoms with Gasteiger partial charge < -0.3 is 10.5 Å². The molecule has 0 saturated heterocycles. The molecule has 0 amide bonds. The lowest BCUT2D eigenvalue weighted by Gasteiger charge is -2.15. The van der Waals surface area contributed by atoms with E-state index >= 15 is 0 Å². The predicted molar refractivity (Wildman–Crippen MR) is 86.7 cm³/mol. The molecule has 1 aliphatic heterocycles. The highest BCUT2D eigenvalue weighted by Crippen LogP contribution is 2.37. The Labute approximate surface area is 128 Å². The zero-order valence-corrected chi connectivity index (χ0v) is 12.7. The van der Waals surface area contributed by atoms with E-state index in [9.17, 15) is 0 Å². The largest absolute Gasteiger partial charge is 0.450 e. The average molecular weight is 300 g/mol. The van der Waals surface area contributed by atoms with Crippen molar-refractivity contribution in [1.82, 2.24) is 0 Å². The second kappa shape index (κ2) is 5.26. The number of anilines is 1. The highest BCUT2D eigenvalue weighted by Gasteiger charge is 2.28. The molecule has 2 aromatic rings. The Morgan fingerprint density at radius 1 is 1.10 bits per heavy atom. The summed E-state index contributed by atoms with van der Waals surface area (Å²) in [5, 5.41) is 0.640. The summed E-state index contributed by atoms with van der Waals surface area (Å²) < 4.78 is 8.12. The Kier molecular flexibility index (Phi) is 3.43. The van der Waals surface area contributed by atoms with Crippen molar-refractivity contribution in [2.75, 3.05) is 5.73 Å². The van der Waals surface area contributed by atoms with E-state index in [1.54, 1.807) is 6.07 Å². The summed E-state index contributed by atoms with van der Waals surface area (Å²) in [7, 11) is 0. The number of hydrogen-bond donors (Lipinski definition) is 1. The third-order valence-corrected chi connectivity index (χ3v) is 3.61. The van der Waals surface area contributed by atoms with Crippen LogP contribution < -0.4 is 10.5 Å². The first-order valence-electron chi connectivity index (χ1n) is 6.69. The van der Waals surface area contributed by atoms with Crippen molar-refractivity contribution in [1.29, 1.82) is 0 Å². The summed E-state index contributed by atoms with van der Waals surface area (Å²) in [5.41, 5.74) is 9.88. The maximum absolute atomic E-state index is 6.00. The van der Waals surface area contributed by atoms with E-state index in [4.69, 9.17) is 22.1 Å². The minimum atomic E-state index is 0.640. The van der Waals surface area contributed by atoms with Gasteiger partial charge in [-0.15, -0.1) is 0 Å². The zero-order valence-electron chi connectivity index (χ0n) is 11.9. The van der Waals surface area contributed by atoms with E-state index in [2.05, 4.69) is 24.5 Å². The Balaban J connectivity index is 2.02. The molecule has 3 nitrogen and oxygen atoms in total. The van der Waals surface area contributed by atoms with Gasteiger partial charge >= 0.3 is 0 Å². The van der Waals surface area contributed by atoms with Crippen LogP contribution >= 0.6 is 11.6 Å². The average Bonchev–Trinajstić information content (AvgIpc) is 2.42. The molecule has 0 bridgehead atoms. The summed E-state index contributed by atoms with van der Waals surface area (Å²) in [6.45, 7) is 4.12. The van der Waals surface area contributed by atoms with E-state index in [0.717, 1.165) is 5.69 Å². The van der Waals surface area contributed by atoms with Crippen molar-refractivity contribution in [3.05, 3.63) is 59.3 Å². The van der Waals surface area contributed by atoms with Crippen LogP contribution in [0.2, 0.25) is 5.02 Å². The molecule has 4 heteroatoms. The van der Waals surface area contributed by atoms with Crippen LogP contribution in [0.1, 0.15) is 13.8 Å². The molecule has 106 valence electrons. The fraction of sp³-hybridized carbons (Fsp3) is 0.118. The second-order valence-corrected chi connectivity index (χ2v) is 5.49. The number of nitrogen functional groups attached to an aromatic ring is 1. The van der Waals surface area contributed by atoms with Gasteiger partial charge in [0, 0.05) is 36.7 Å². The van der Waals surface area contributed by atoms with Gasteiger partial charge in [0.15, 0.2) is 11.4 Å². The minimum absolute atomic E-state index is 0.640. The van der Waals surface area contributed by atoms with Crippen molar-refractivity contribution < 1.29 is 9.31 Å². The Morgan fingerprint density at radius 2 is 1.90 bits per heavy atom. The van der Waals surface area contributed by atoms with Crippen molar-refractivity contribution in [3.8, 4) is 11.5 Å². The van der Waals surface area contributed by atoms with E-state index < -0.39 is 0 Å². The number of nitrogens with zero attached hydrogens (tertiary/aromatic N) is 1. The molecular formula is C17H16ClN2O+. The molecule has 21 heavy (non-hydrogen) atoms. The van der Waals surface area contributed by atoms with Gasteiger partial charge in [-0.3, -0.25) is 0 Å². The lowest BCUT2D eigenvalue weighted by Crippen LogP contribution is -2.20. The number of ether oxygens (including phenoxy) is 1. The Hall–Kier alpha value is -2.26. The quantitative estimate of drug-likeness (QED) is 0.657. The number of halogens is 1. The van der Waals surface area contributed by atoms with Gasteiger partial charge in [-0.1, -0.05) is 17.7 Å². The molecule has 0 aromatic heterocycles. The lowest BCUT2D eigenvalue weighted by molar-refractivity contribution is -0.396. The lowest BCUT2D eigenvalue weighted by atomic mass is 10.1. The summed E-state index contributed by atoms with van der Waals surface area (Å²) in [4.78, 5) is 0. The van der Waals surface area contributed by atoms with E-state index in [-0.39, 0.29) is 0 Å².